The van der Waals surface area contributed by atoms with Crippen molar-refractivity contribution in [2.45, 2.75) is 6.04 Å². The first-order valence-electron chi connectivity index (χ1n) is 6.66. The number of piperazine rings is 1. The maximum atomic E-state index is 12.0. The molecule has 0 bridgehead atoms. The van der Waals surface area contributed by atoms with Crippen molar-refractivity contribution in [3.05, 3.63) is 23.8 Å². The highest BCUT2D eigenvalue weighted by Gasteiger charge is 2.23. The predicted octanol–water partition coefficient (Wildman–Crippen LogP) is 0.0734. The molecule has 2 rings (SSSR count). The van der Waals surface area contributed by atoms with Gasteiger partial charge in [0.2, 0.25) is 0 Å². The van der Waals surface area contributed by atoms with Crippen molar-refractivity contribution < 1.29 is 15.0 Å². The Bertz CT molecular complexity index is 493. The van der Waals surface area contributed by atoms with Crippen LogP contribution in [0.3, 0.4) is 0 Å². The molecule has 20 heavy (non-hydrogen) atoms. The third kappa shape index (κ3) is 3.40. The number of nitrogens with one attached hydrogen (secondary N) is 1. The van der Waals surface area contributed by atoms with Crippen molar-refractivity contribution in [3.63, 3.8) is 0 Å². The van der Waals surface area contributed by atoms with E-state index in [0.29, 0.717) is 6.54 Å². The number of amides is 1. The number of phenolic OH excluding ortho intramolecular Hbond substituents is 2. The quantitative estimate of drug-likeness (QED) is 0.730. The molecule has 6 nitrogen and oxygen atoms in total. The highest BCUT2D eigenvalue weighted by atomic mass is 16.3. The zero-order valence-corrected chi connectivity index (χ0v) is 11.8. The lowest BCUT2D eigenvalue weighted by Gasteiger charge is -2.37. The number of phenols is 2. The van der Waals surface area contributed by atoms with E-state index < -0.39 is 0 Å². The Kier molecular flexibility index (Phi) is 4.46. The Hall–Kier alpha value is -1.79. The predicted molar refractivity (Wildman–Crippen MR) is 76.0 cm³/mol. The Morgan fingerprint density at radius 1 is 1.35 bits per heavy atom. The number of likely N-dealkylation sites (N-methyl/N-ethyl adjacent to an activating group) is 2. The molecule has 1 aliphatic heterocycles. The SMILES string of the molecule is CN1CCN(C)C(CNC(=O)c2ccc(O)cc2O)C1. The van der Waals surface area contributed by atoms with Gasteiger partial charge < -0.3 is 20.4 Å². The monoisotopic (exact) mass is 279 g/mol. The highest BCUT2D eigenvalue weighted by molar-refractivity contribution is 5.97. The van der Waals surface area contributed by atoms with Gasteiger partial charge in [0.15, 0.2) is 0 Å². The molecule has 0 radical (unpaired) electrons. The molecule has 0 spiro atoms. The number of nitrogens with zero attached hydrogens (tertiary/aromatic N) is 2. The molecule has 0 aliphatic carbocycles. The van der Waals surface area contributed by atoms with Crippen LogP contribution in [-0.4, -0.2) is 72.2 Å². The van der Waals surface area contributed by atoms with Gasteiger partial charge in [-0.3, -0.25) is 9.69 Å². The summed E-state index contributed by atoms with van der Waals surface area (Å²) in [5.41, 5.74) is 0.176. The second-order valence-corrected chi connectivity index (χ2v) is 5.31. The largest absolute Gasteiger partial charge is 0.508 e. The van der Waals surface area contributed by atoms with Crippen molar-refractivity contribution in [3.8, 4) is 11.5 Å². The summed E-state index contributed by atoms with van der Waals surface area (Å²) in [6.07, 6.45) is 0. The second-order valence-electron chi connectivity index (χ2n) is 5.31. The topological polar surface area (TPSA) is 76.0 Å². The number of benzene rings is 1. The summed E-state index contributed by atoms with van der Waals surface area (Å²) in [5, 5.41) is 21.7. The van der Waals surface area contributed by atoms with Crippen LogP contribution in [0, 0.1) is 0 Å². The van der Waals surface area contributed by atoms with Gasteiger partial charge in [-0.25, -0.2) is 0 Å². The van der Waals surface area contributed by atoms with E-state index in [0.717, 1.165) is 25.7 Å². The van der Waals surface area contributed by atoms with Gasteiger partial charge in [0.1, 0.15) is 11.5 Å². The molecule has 1 aromatic rings. The van der Waals surface area contributed by atoms with E-state index >= 15 is 0 Å². The molecule has 1 saturated heterocycles. The third-order valence-electron chi connectivity index (χ3n) is 3.70. The molecule has 0 saturated carbocycles. The number of carbonyl (C=O) groups is 1. The summed E-state index contributed by atoms with van der Waals surface area (Å²) in [5.74, 6) is -0.603. The van der Waals surface area contributed by atoms with E-state index in [1.165, 1.54) is 12.1 Å². The van der Waals surface area contributed by atoms with Crippen molar-refractivity contribution in [1.29, 1.82) is 0 Å². The van der Waals surface area contributed by atoms with Gasteiger partial charge in [0, 0.05) is 38.3 Å². The Labute approximate surface area is 118 Å². The zero-order valence-electron chi connectivity index (χ0n) is 11.8. The normalized spacial score (nSPS) is 20.8. The molecule has 1 amide bonds. The standard InChI is InChI=1S/C14H21N3O3/c1-16-5-6-17(2)10(9-16)8-15-14(20)12-4-3-11(18)7-13(12)19/h3-4,7,10,18-19H,5-6,8-9H2,1-2H3,(H,15,20). The number of carbonyl (C=O) groups excluding carboxylic acids is 1. The van der Waals surface area contributed by atoms with Crippen LogP contribution in [0.25, 0.3) is 0 Å². The van der Waals surface area contributed by atoms with E-state index in [-0.39, 0.29) is 29.0 Å². The van der Waals surface area contributed by atoms with Crippen LogP contribution in [0.1, 0.15) is 10.4 Å². The van der Waals surface area contributed by atoms with Gasteiger partial charge in [-0.2, -0.15) is 0 Å². The van der Waals surface area contributed by atoms with E-state index in [4.69, 9.17) is 0 Å². The molecular formula is C14H21N3O3. The van der Waals surface area contributed by atoms with Crippen LogP contribution < -0.4 is 5.32 Å². The Morgan fingerprint density at radius 3 is 2.80 bits per heavy atom. The molecule has 1 aliphatic rings. The van der Waals surface area contributed by atoms with E-state index in [1.54, 1.807) is 0 Å². The molecule has 1 fully saturated rings. The summed E-state index contributed by atoms with van der Waals surface area (Å²) >= 11 is 0. The van der Waals surface area contributed by atoms with Crippen LogP contribution in [-0.2, 0) is 0 Å². The fourth-order valence-electron chi connectivity index (χ4n) is 2.34. The minimum absolute atomic E-state index is 0.0623. The summed E-state index contributed by atoms with van der Waals surface area (Å²) in [6, 6.07) is 4.22. The first-order valence-corrected chi connectivity index (χ1v) is 6.66. The second kappa shape index (κ2) is 6.11. The van der Waals surface area contributed by atoms with Crippen LogP contribution in [0.4, 0.5) is 0 Å². The average Bonchev–Trinajstić information content (AvgIpc) is 2.39. The average molecular weight is 279 g/mol. The lowest BCUT2D eigenvalue weighted by molar-refractivity contribution is 0.0879. The third-order valence-corrected chi connectivity index (χ3v) is 3.70. The fraction of sp³-hybridized carbons (Fsp3) is 0.500. The van der Waals surface area contributed by atoms with Gasteiger partial charge in [0.25, 0.3) is 5.91 Å². The Balaban J connectivity index is 1.94. The van der Waals surface area contributed by atoms with Crippen molar-refractivity contribution >= 4 is 5.91 Å². The smallest absolute Gasteiger partial charge is 0.255 e. The molecule has 1 unspecified atom stereocenters. The van der Waals surface area contributed by atoms with Gasteiger partial charge in [0.05, 0.1) is 5.56 Å². The molecule has 0 aromatic heterocycles. The molecule has 3 N–H and O–H groups in total. The summed E-state index contributed by atoms with van der Waals surface area (Å²) in [6.45, 7) is 3.43. The fourth-order valence-corrected chi connectivity index (χ4v) is 2.34. The van der Waals surface area contributed by atoms with Crippen molar-refractivity contribution in [2.24, 2.45) is 0 Å². The first-order chi connectivity index (χ1) is 9.47. The maximum Gasteiger partial charge on any atom is 0.255 e. The summed E-state index contributed by atoms with van der Waals surface area (Å²) < 4.78 is 0. The lowest BCUT2D eigenvalue weighted by Crippen LogP contribution is -2.54. The molecule has 1 atom stereocenters. The maximum absolute atomic E-state index is 12.0. The van der Waals surface area contributed by atoms with Crippen molar-refractivity contribution in [1.82, 2.24) is 15.1 Å². The van der Waals surface area contributed by atoms with Gasteiger partial charge >= 0.3 is 0 Å². The number of hydrogen-bond donors (Lipinski definition) is 3. The highest BCUT2D eigenvalue weighted by Crippen LogP contribution is 2.22. The van der Waals surface area contributed by atoms with Crippen LogP contribution in [0.2, 0.25) is 0 Å². The molecule has 6 heteroatoms. The van der Waals surface area contributed by atoms with Crippen LogP contribution in [0.15, 0.2) is 18.2 Å². The van der Waals surface area contributed by atoms with E-state index in [9.17, 15) is 15.0 Å². The first kappa shape index (κ1) is 14.6. The Morgan fingerprint density at radius 2 is 2.10 bits per heavy atom. The molecular weight excluding hydrogens is 258 g/mol. The van der Waals surface area contributed by atoms with E-state index in [1.807, 2.05) is 7.05 Å². The minimum atomic E-state index is -0.330. The van der Waals surface area contributed by atoms with Crippen LogP contribution in [0.5, 0.6) is 11.5 Å². The molecule has 1 aromatic carbocycles. The van der Waals surface area contributed by atoms with Gasteiger partial charge in [-0.15, -0.1) is 0 Å². The zero-order chi connectivity index (χ0) is 14.7. The molecule has 110 valence electrons. The lowest BCUT2D eigenvalue weighted by atomic mass is 10.1. The summed E-state index contributed by atoms with van der Waals surface area (Å²) in [7, 11) is 4.11. The minimum Gasteiger partial charge on any atom is -0.508 e. The van der Waals surface area contributed by atoms with E-state index in [2.05, 4.69) is 22.2 Å². The number of aromatic hydroxyl groups is 2. The van der Waals surface area contributed by atoms with Gasteiger partial charge in [-0.1, -0.05) is 0 Å². The number of hydrogen-bond acceptors (Lipinski definition) is 5. The van der Waals surface area contributed by atoms with Crippen LogP contribution >= 0.6 is 0 Å². The number of rotatable bonds is 3. The van der Waals surface area contributed by atoms with Crippen molar-refractivity contribution in [2.75, 3.05) is 40.3 Å². The van der Waals surface area contributed by atoms with Gasteiger partial charge in [-0.05, 0) is 26.2 Å². The summed E-state index contributed by atoms with van der Waals surface area (Å²) in [4.78, 5) is 16.5. The molecule has 1 heterocycles.